The van der Waals surface area contributed by atoms with Crippen molar-refractivity contribution in [3.8, 4) is 0 Å². The van der Waals surface area contributed by atoms with E-state index >= 15 is 0 Å². The number of amides is 3. The fourth-order valence-corrected chi connectivity index (χ4v) is 4.54. The number of nitrogens with one attached hydrogen (secondary N) is 2. The number of rotatable bonds is 10. The molecule has 1 aromatic carbocycles. The maximum absolute atomic E-state index is 13.0. The van der Waals surface area contributed by atoms with E-state index in [0.717, 1.165) is 50.2 Å². The molecule has 1 atom stereocenters. The minimum Gasteiger partial charge on any atom is -0.356 e. The van der Waals surface area contributed by atoms with E-state index in [9.17, 15) is 18.8 Å². The summed E-state index contributed by atoms with van der Waals surface area (Å²) in [6.07, 6.45) is 2.34. The van der Waals surface area contributed by atoms with Crippen LogP contribution in [-0.4, -0.2) is 77.0 Å². The standard InChI is InChI=1S/C23H31FN6O3S/c1-3-29(4-2)13-6-12-25-19(31)16-7-5-14-30(15-16)23(33)22-28-27-21(34-22)20(32)26-18-10-8-17(24)9-11-18/h8-11,16H,3-7,12-15H2,1-2H3,(H,25,31)(H,26,32)/t16-/m1/s1. The molecule has 2 aromatic rings. The molecule has 1 aliphatic heterocycles. The molecule has 0 radical (unpaired) electrons. The highest BCUT2D eigenvalue weighted by atomic mass is 32.1. The summed E-state index contributed by atoms with van der Waals surface area (Å²) in [6.45, 7) is 8.62. The number of carbonyl (C=O) groups excluding carboxylic acids is 3. The van der Waals surface area contributed by atoms with Crippen molar-refractivity contribution >= 4 is 34.7 Å². The third kappa shape index (κ3) is 7.04. The van der Waals surface area contributed by atoms with Crippen molar-refractivity contribution in [3.05, 3.63) is 40.1 Å². The van der Waals surface area contributed by atoms with Crippen molar-refractivity contribution in [1.29, 1.82) is 0 Å². The van der Waals surface area contributed by atoms with Gasteiger partial charge in [0.05, 0.1) is 5.92 Å². The minimum absolute atomic E-state index is 0.0336. The van der Waals surface area contributed by atoms with Crippen LogP contribution in [0.15, 0.2) is 24.3 Å². The summed E-state index contributed by atoms with van der Waals surface area (Å²) in [5.41, 5.74) is 0.413. The number of hydrogen-bond donors (Lipinski definition) is 2. The Balaban J connectivity index is 1.50. The zero-order valence-electron chi connectivity index (χ0n) is 19.6. The van der Waals surface area contributed by atoms with Gasteiger partial charge in [0, 0.05) is 25.3 Å². The first-order valence-electron chi connectivity index (χ1n) is 11.6. The molecule has 1 saturated heterocycles. The molecule has 0 unspecified atom stereocenters. The minimum atomic E-state index is -0.524. The average molecular weight is 491 g/mol. The molecule has 2 heterocycles. The van der Waals surface area contributed by atoms with Crippen LogP contribution in [0, 0.1) is 11.7 Å². The summed E-state index contributed by atoms with van der Waals surface area (Å²) in [4.78, 5) is 41.8. The van der Waals surface area contributed by atoms with Crippen molar-refractivity contribution in [3.63, 3.8) is 0 Å². The highest BCUT2D eigenvalue weighted by Crippen LogP contribution is 2.21. The largest absolute Gasteiger partial charge is 0.356 e. The van der Waals surface area contributed by atoms with Crippen molar-refractivity contribution in [2.24, 2.45) is 5.92 Å². The molecule has 11 heteroatoms. The third-order valence-corrected chi connectivity index (χ3v) is 6.74. The second-order valence-electron chi connectivity index (χ2n) is 8.14. The fourth-order valence-electron chi connectivity index (χ4n) is 3.83. The zero-order chi connectivity index (χ0) is 24.5. The summed E-state index contributed by atoms with van der Waals surface area (Å²) in [6, 6.07) is 5.34. The lowest BCUT2D eigenvalue weighted by atomic mass is 9.97. The van der Waals surface area contributed by atoms with E-state index in [4.69, 9.17) is 0 Å². The second-order valence-corrected chi connectivity index (χ2v) is 9.11. The molecule has 2 N–H and O–H groups in total. The van der Waals surface area contributed by atoms with E-state index in [1.165, 1.54) is 24.3 Å². The van der Waals surface area contributed by atoms with E-state index in [1.54, 1.807) is 4.90 Å². The lowest BCUT2D eigenvalue weighted by molar-refractivity contribution is -0.126. The van der Waals surface area contributed by atoms with Crippen LogP contribution in [0.1, 0.15) is 52.7 Å². The Morgan fingerprint density at radius 3 is 2.56 bits per heavy atom. The number of halogens is 1. The Bertz CT molecular complexity index is 979. The summed E-state index contributed by atoms with van der Waals surface area (Å²) in [5.74, 6) is -1.56. The number of anilines is 1. The molecule has 3 rings (SSSR count). The van der Waals surface area contributed by atoms with Crippen molar-refractivity contribution in [1.82, 2.24) is 25.3 Å². The van der Waals surface area contributed by atoms with Crippen LogP contribution in [-0.2, 0) is 4.79 Å². The molecule has 1 fully saturated rings. The van der Waals surface area contributed by atoms with Gasteiger partial charge in [-0.05, 0) is 63.2 Å². The zero-order valence-corrected chi connectivity index (χ0v) is 20.4. The lowest BCUT2D eigenvalue weighted by Crippen LogP contribution is -2.45. The maximum atomic E-state index is 13.0. The van der Waals surface area contributed by atoms with Crippen molar-refractivity contribution in [2.45, 2.75) is 33.1 Å². The molecule has 9 nitrogen and oxygen atoms in total. The van der Waals surface area contributed by atoms with Crippen molar-refractivity contribution in [2.75, 3.05) is 44.6 Å². The van der Waals surface area contributed by atoms with Crippen LogP contribution in [0.4, 0.5) is 10.1 Å². The van der Waals surface area contributed by atoms with E-state index < -0.39 is 11.7 Å². The van der Waals surface area contributed by atoms with Crippen LogP contribution in [0.5, 0.6) is 0 Å². The molecule has 3 amide bonds. The highest BCUT2D eigenvalue weighted by Gasteiger charge is 2.30. The predicted octanol–water partition coefficient (Wildman–Crippen LogP) is 2.63. The molecule has 1 aromatic heterocycles. The molecule has 1 aliphatic rings. The summed E-state index contributed by atoms with van der Waals surface area (Å²) in [7, 11) is 0. The molecular formula is C23H31FN6O3S. The summed E-state index contributed by atoms with van der Waals surface area (Å²) < 4.78 is 13.0. The van der Waals surface area contributed by atoms with Gasteiger partial charge in [-0.1, -0.05) is 25.2 Å². The van der Waals surface area contributed by atoms with Crippen LogP contribution >= 0.6 is 11.3 Å². The number of carbonyl (C=O) groups is 3. The Kier molecular flexibility index (Phi) is 9.46. The Labute approximate surface area is 202 Å². The van der Waals surface area contributed by atoms with Gasteiger partial charge in [0.2, 0.25) is 15.9 Å². The third-order valence-electron chi connectivity index (χ3n) is 5.83. The molecule has 34 heavy (non-hydrogen) atoms. The molecule has 0 aliphatic carbocycles. The quantitative estimate of drug-likeness (QED) is 0.496. The summed E-state index contributed by atoms with van der Waals surface area (Å²) in [5, 5.41) is 13.4. The number of likely N-dealkylation sites (tertiary alicyclic amines) is 1. The molecule has 0 spiro atoms. The van der Waals surface area contributed by atoms with Crippen LogP contribution in [0.3, 0.4) is 0 Å². The molecule has 0 saturated carbocycles. The molecule has 184 valence electrons. The summed E-state index contributed by atoms with van der Waals surface area (Å²) >= 11 is 0.894. The van der Waals surface area contributed by atoms with Gasteiger partial charge in [-0.25, -0.2) is 4.39 Å². The van der Waals surface area contributed by atoms with Gasteiger partial charge < -0.3 is 20.4 Å². The highest BCUT2D eigenvalue weighted by molar-refractivity contribution is 7.15. The Hall–Kier alpha value is -2.92. The van der Waals surface area contributed by atoms with Gasteiger partial charge in [-0.3, -0.25) is 14.4 Å². The Morgan fingerprint density at radius 1 is 1.15 bits per heavy atom. The maximum Gasteiger partial charge on any atom is 0.286 e. The van der Waals surface area contributed by atoms with Crippen LogP contribution < -0.4 is 10.6 Å². The Morgan fingerprint density at radius 2 is 1.85 bits per heavy atom. The average Bonchev–Trinajstić information content (AvgIpc) is 3.35. The number of nitrogens with zero attached hydrogens (tertiary/aromatic N) is 4. The van der Waals surface area contributed by atoms with Gasteiger partial charge in [0.25, 0.3) is 11.8 Å². The monoisotopic (exact) mass is 490 g/mol. The predicted molar refractivity (Wildman–Crippen MR) is 128 cm³/mol. The number of hydrogen-bond acceptors (Lipinski definition) is 7. The lowest BCUT2D eigenvalue weighted by Gasteiger charge is -2.31. The van der Waals surface area contributed by atoms with Gasteiger partial charge in [-0.2, -0.15) is 0 Å². The first-order valence-corrected chi connectivity index (χ1v) is 12.4. The number of piperidine rings is 1. The SMILES string of the molecule is CCN(CC)CCCNC(=O)[C@@H]1CCCN(C(=O)c2nnc(C(=O)Nc3ccc(F)cc3)s2)C1. The topological polar surface area (TPSA) is 108 Å². The van der Waals surface area contributed by atoms with Crippen molar-refractivity contribution < 1.29 is 18.8 Å². The molecule has 0 bridgehead atoms. The van der Waals surface area contributed by atoms with Gasteiger partial charge in [0.1, 0.15) is 5.82 Å². The number of aromatic nitrogens is 2. The first-order chi connectivity index (χ1) is 16.4. The second kappa shape index (κ2) is 12.5. The van der Waals surface area contributed by atoms with E-state index in [2.05, 4.69) is 39.6 Å². The van der Waals surface area contributed by atoms with E-state index in [1.807, 2.05) is 0 Å². The first kappa shape index (κ1) is 25.7. The van der Waals surface area contributed by atoms with Crippen LogP contribution in [0.2, 0.25) is 0 Å². The smallest absolute Gasteiger partial charge is 0.286 e. The molecular weight excluding hydrogens is 459 g/mol. The van der Waals surface area contributed by atoms with Gasteiger partial charge in [-0.15, -0.1) is 10.2 Å². The van der Waals surface area contributed by atoms with Gasteiger partial charge >= 0.3 is 0 Å². The van der Waals surface area contributed by atoms with E-state index in [-0.39, 0.29) is 27.7 Å². The normalized spacial score (nSPS) is 15.9. The van der Waals surface area contributed by atoms with Gasteiger partial charge in [0.15, 0.2) is 0 Å². The van der Waals surface area contributed by atoms with E-state index in [0.29, 0.717) is 25.3 Å². The number of benzene rings is 1. The fraction of sp³-hybridized carbons (Fsp3) is 0.522. The van der Waals surface area contributed by atoms with Crippen LogP contribution in [0.25, 0.3) is 0 Å².